The number of hydrazine groups is 1. The molecule has 2 N–H and O–H groups in total. The molecule has 2 rings (SSSR count). The van der Waals surface area contributed by atoms with Gasteiger partial charge in [-0.15, -0.1) is 0 Å². The second kappa shape index (κ2) is 5.07. The van der Waals surface area contributed by atoms with Gasteiger partial charge in [-0.3, -0.25) is 14.8 Å². The fraction of sp³-hybridized carbons (Fsp3) is 0.500. The normalized spacial score (nSPS) is 17.1. The summed E-state index contributed by atoms with van der Waals surface area (Å²) in [6.07, 6.45) is 8.86. The van der Waals surface area contributed by atoms with E-state index in [0.717, 1.165) is 12.8 Å². The van der Waals surface area contributed by atoms with Crippen molar-refractivity contribution in [2.75, 3.05) is 0 Å². The maximum Gasteiger partial charge on any atom is 0.268 e. The molecule has 0 atom stereocenters. The van der Waals surface area contributed by atoms with Crippen molar-refractivity contribution < 1.29 is 4.79 Å². The minimum Gasteiger partial charge on any atom is -0.274 e. The minimum atomic E-state index is -0.102. The topological polar surface area (TPSA) is 59.2 Å². The van der Waals surface area contributed by atoms with Gasteiger partial charge in [0.25, 0.3) is 5.91 Å². The molecule has 4 heteroatoms. The molecule has 1 aromatic rings. The minimum absolute atomic E-state index is 0.102. The molecule has 0 bridgehead atoms. The van der Waals surface area contributed by atoms with E-state index in [1.807, 2.05) is 0 Å². The van der Waals surface area contributed by atoms with E-state index in [2.05, 4.69) is 4.98 Å². The molecule has 1 saturated carbocycles. The van der Waals surface area contributed by atoms with Crippen molar-refractivity contribution in [2.45, 2.75) is 38.1 Å². The fourth-order valence-corrected chi connectivity index (χ4v) is 2.17. The zero-order valence-electron chi connectivity index (χ0n) is 9.30. The summed E-state index contributed by atoms with van der Waals surface area (Å²) >= 11 is 0. The van der Waals surface area contributed by atoms with Crippen LogP contribution >= 0.6 is 0 Å². The van der Waals surface area contributed by atoms with Crippen LogP contribution in [0, 0.1) is 0 Å². The Hall–Kier alpha value is -1.42. The molecule has 1 aliphatic rings. The maximum absolute atomic E-state index is 12.0. The van der Waals surface area contributed by atoms with Crippen molar-refractivity contribution in [3.8, 4) is 0 Å². The lowest BCUT2D eigenvalue weighted by Crippen LogP contribution is -2.46. The Balaban J connectivity index is 2.04. The summed E-state index contributed by atoms with van der Waals surface area (Å²) in [5, 5.41) is 1.40. The molecule has 0 spiro atoms. The third-order valence-electron chi connectivity index (χ3n) is 3.13. The summed E-state index contributed by atoms with van der Waals surface area (Å²) in [6.45, 7) is 0. The highest BCUT2D eigenvalue weighted by molar-refractivity contribution is 5.93. The first-order chi connectivity index (χ1) is 7.79. The molecule has 16 heavy (non-hydrogen) atoms. The summed E-state index contributed by atoms with van der Waals surface area (Å²) in [5.41, 5.74) is 0.614. The molecule has 0 aliphatic heterocycles. The van der Waals surface area contributed by atoms with Gasteiger partial charge >= 0.3 is 0 Å². The highest BCUT2D eigenvalue weighted by Crippen LogP contribution is 2.21. The molecular weight excluding hydrogens is 202 g/mol. The number of nitrogens with two attached hydrogens (primary N) is 1. The summed E-state index contributed by atoms with van der Waals surface area (Å²) < 4.78 is 0. The summed E-state index contributed by atoms with van der Waals surface area (Å²) in [4.78, 5) is 15.9. The van der Waals surface area contributed by atoms with Crippen LogP contribution in [0.15, 0.2) is 24.5 Å². The van der Waals surface area contributed by atoms with Gasteiger partial charge < -0.3 is 0 Å². The molecule has 0 aromatic carbocycles. The predicted molar refractivity (Wildman–Crippen MR) is 61.5 cm³/mol. The van der Waals surface area contributed by atoms with Crippen LogP contribution in [0.25, 0.3) is 0 Å². The number of hydrogen-bond donors (Lipinski definition) is 1. The van der Waals surface area contributed by atoms with Gasteiger partial charge in [0.05, 0.1) is 0 Å². The van der Waals surface area contributed by atoms with Crippen molar-refractivity contribution >= 4 is 5.91 Å². The largest absolute Gasteiger partial charge is 0.274 e. The zero-order valence-corrected chi connectivity index (χ0v) is 9.30. The highest BCUT2D eigenvalue weighted by Gasteiger charge is 2.23. The summed E-state index contributed by atoms with van der Waals surface area (Å²) in [5.74, 6) is 5.78. The first-order valence-electron chi connectivity index (χ1n) is 5.77. The standard InChI is InChI=1S/C12H17N3O/c13-15(11-4-2-1-3-5-11)12(16)10-6-8-14-9-7-10/h6-9,11H,1-5,13H2. The average Bonchev–Trinajstić information content (AvgIpc) is 2.39. The van der Waals surface area contributed by atoms with E-state index in [-0.39, 0.29) is 11.9 Å². The van der Waals surface area contributed by atoms with Crippen LogP contribution in [-0.4, -0.2) is 21.9 Å². The van der Waals surface area contributed by atoms with E-state index in [1.54, 1.807) is 24.5 Å². The number of rotatable bonds is 2. The molecule has 0 saturated heterocycles. The van der Waals surface area contributed by atoms with Gasteiger partial charge in [0.2, 0.25) is 0 Å². The summed E-state index contributed by atoms with van der Waals surface area (Å²) in [6, 6.07) is 3.60. The Bertz CT molecular complexity index is 347. The van der Waals surface area contributed by atoms with Crippen LogP contribution in [0.5, 0.6) is 0 Å². The van der Waals surface area contributed by atoms with Crippen molar-refractivity contribution in [3.05, 3.63) is 30.1 Å². The molecule has 4 nitrogen and oxygen atoms in total. The molecule has 1 aromatic heterocycles. The predicted octanol–water partition coefficient (Wildman–Crippen LogP) is 1.73. The Morgan fingerprint density at radius 3 is 2.50 bits per heavy atom. The smallest absolute Gasteiger partial charge is 0.268 e. The van der Waals surface area contributed by atoms with Gasteiger partial charge in [0.1, 0.15) is 0 Å². The number of amides is 1. The van der Waals surface area contributed by atoms with E-state index in [1.165, 1.54) is 24.3 Å². The van der Waals surface area contributed by atoms with E-state index in [0.29, 0.717) is 5.56 Å². The van der Waals surface area contributed by atoms with E-state index in [4.69, 9.17) is 5.84 Å². The highest BCUT2D eigenvalue weighted by atomic mass is 16.2. The number of aromatic nitrogens is 1. The zero-order chi connectivity index (χ0) is 11.4. The molecule has 1 heterocycles. The van der Waals surface area contributed by atoms with Crippen LogP contribution in [0.2, 0.25) is 0 Å². The quantitative estimate of drug-likeness (QED) is 0.468. The lowest BCUT2D eigenvalue weighted by atomic mass is 9.95. The molecular formula is C12H17N3O. The Morgan fingerprint density at radius 2 is 1.88 bits per heavy atom. The van der Waals surface area contributed by atoms with Crippen molar-refractivity contribution in [1.29, 1.82) is 0 Å². The second-order valence-electron chi connectivity index (χ2n) is 4.24. The van der Waals surface area contributed by atoms with Gasteiger partial charge in [0, 0.05) is 24.0 Å². The number of carbonyl (C=O) groups excluding carboxylic acids is 1. The first kappa shape index (κ1) is 11.1. The lowest BCUT2D eigenvalue weighted by Gasteiger charge is -2.30. The number of pyridine rings is 1. The SMILES string of the molecule is NN(C(=O)c1ccncc1)C1CCCCC1. The van der Waals surface area contributed by atoms with Crippen molar-refractivity contribution in [3.63, 3.8) is 0 Å². The second-order valence-corrected chi connectivity index (χ2v) is 4.24. The molecule has 0 unspecified atom stereocenters. The van der Waals surface area contributed by atoms with Crippen LogP contribution in [0.1, 0.15) is 42.5 Å². The number of nitrogens with zero attached hydrogens (tertiary/aromatic N) is 2. The van der Waals surface area contributed by atoms with Crippen molar-refractivity contribution in [2.24, 2.45) is 5.84 Å². The molecule has 86 valence electrons. The molecule has 1 amide bonds. The van der Waals surface area contributed by atoms with E-state index < -0.39 is 0 Å². The third-order valence-corrected chi connectivity index (χ3v) is 3.13. The van der Waals surface area contributed by atoms with Gasteiger partial charge in [-0.05, 0) is 25.0 Å². The van der Waals surface area contributed by atoms with Crippen LogP contribution in [0.3, 0.4) is 0 Å². The summed E-state index contributed by atoms with van der Waals surface area (Å²) in [7, 11) is 0. The van der Waals surface area contributed by atoms with Crippen LogP contribution < -0.4 is 5.84 Å². The maximum atomic E-state index is 12.0. The Labute approximate surface area is 95.4 Å². The van der Waals surface area contributed by atoms with Crippen LogP contribution in [0.4, 0.5) is 0 Å². The molecule has 1 aliphatic carbocycles. The van der Waals surface area contributed by atoms with Gasteiger partial charge in [-0.2, -0.15) is 0 Å². The Kier molecular flexibility index (Phi) is 3.51. The van der Waals surface area contributed by atoms with Gasteiger partial charge in [-0.25, -0.2) is 5.84 Å². The van der Waals surface area contributed by atoms with Crippen molar-refractivity contribution in [1.82, 2.24) is 9.99 Å². The van der Waals surface area contributed by atoms with E-state index >= 15 is 0 Å². The lowest BCUT2D eigenvalue weighted by molar-refractivity contribution is 0.0633. The fourth-order valence-electron chi connectivity index (χ4n) is 2.17. The van der Waals surface area contributed by atoms with Gasteiger partial charge in [0.15, 0.2) is 0 Å². The Morgan fingerprint density at radius 1 is 1.25 bits per heavy atom. The van der Waals surface area contributed by atoms with E-state index in [9.17, 15) is 4.79 Å². The molecule has 1 fully saturated rings. The number of carbonyl (C=O) groups is 1. The third kappa shape index (κ3) is 2.39. The van der Waals surface area contributed by atoms with Crippen LogP contribution in [-0.2, 0) is 0 Å². The average molecular weight is 219 g/mol. The molecule has 0 radical (unpaired) electrons. The number of hydrogen-bond acceptors (Lipinski definition) is 3. The first-order valence-corrected chi connectivity index (χ1v) is 5.77. The van der Waals surface area contributed by atoms with Gasteiger partial charge in [-0.1, -0.05) is 19.3 Å². The monoisotopic (exact) mass is 219 g/mol.